The summed E-state index contributed by atoms with van der Waals surface area (Å²) in [6.07, 6.45) is 5.01. The lowest BCUT2D eigenvalue weighted by Crippen LogP contribution is -2.35. The number of carbonyl (C=O) groups is 2. The van der Waals surface area contributed by atoms with E-state index in [0.29, 0.717) is 5.56 Å². The highest BCUT2D eigenvalue weighted by molar-refractivity contribution is 6.07. The smallest absolute Gasteiger partial charge is 0.258 e. The SMILES string of the molecule is O=C(Nc1ccc2c(c1)CCCN2C(=O)c1ccccc1)C1CCC1. The third-order valence-corrected chi connectivity index (χ3v) is 5.21. The maximum Gasteiger partial charge on any atom is 0.258 e. The van der Waals surface area contributed by atoms with Crippen LogP contribution in [0.15, 0.2) is 48.5 Å². The Morgan fingerprint density at radius 2 is 1.80 bits per heavy atom. The number of fused-ring (bicyclic) bond motifs is 1. The third-order valence-electron chi connectivity index (χ3n) is 5.21. The molecule has 4 nitrogen and oxygen atoms in total. The standard InChI is InChI=1S/C21H22N2O2/c24-20(15-8-4-9-15)22-18-11-12-19-17(14-18)10-5-13-23(19)21(25)16-6-2-1-3-7-16/h1-3,6-7,11-12,14-15H,4-5,8-10,13H2,(H,22,24). The maximum absolute atomic E-state index is 12.8. The summed E-state index contributed by atoms with van der Waals surface area (Å²) >= 11 is 0. The van der Waals surface area contributed by atoms with Crippen LogP contribution < -0.4 is 10.2 Å². The molecule has 2 aromatic rings. The van der Waals surface area contributed by atoms with E-state index in [-0.39, 0.29) is 17.7 Å². The second-order valence-electron chi connectivity index (χ2n) is 6.89. The van der Waals surface area contributed by atoms with E-state index < -0.39 is 0 Å². The normalized spacial score (nSPS) is 16.7. The van der Waals surface area contributed by atoms with Crippen LogP contribution in [0.2, 0.25) is 0 Å². The van der Waals surface area contributed by atoms with Crippen molar-refractivity contribution in [3.8, 4) is 0 Å². The lowest BCUT2D eigenvalue weighted by atomic mass is 9.85. The lowest BCUT2D eigenvalue weighted by molar-refractivity contribution is -0.122. The molecule has 1 aliphatic heterocycles. The van der Waals surface area contributed by atoms with Gasteiger partial charge in [-0.05, 0) is 61.6 Å². The van der Waals surface area contributed by atoms with Gasteiger partial charge in [0.05, 0.1) is 0 Å². The fourth-order valence-corrected chi connectivity index (χ4v) is 3.54. The molecule has 0 saturated heterocycles. The average molecular weight is 334 g/mol. The first-order valence-electron chi connectivity index (χ1n) is 9.03. The van der Waals surface area contributed by atoms with Gasteiger partial charge in [0.1, 0.15) is 0 Å². The molecular formula is C21H22N2O2. The molecule has 2 aromatic carbocycles. The molecule has 1 N–H and O–H groups in total. The maximum atomic E-state index is 12.8. The Balaban J connectivity index is 1.55. The van der Waals surface area contributed by atoms with Crippen LogP contribution in [0.25, 0.3) is 0 Å². The van der Waals surface area contributed by atoms with Crippen LogP contribution in [-0.4, -0.2) is 18.4 Å². The van der Waals surface area contributed by atoms with Gasteiger partial charge in [-0.1, -0.05) is 24.6 Å². The van der Waals surface area contributed by atoms with Crippen LogP contribution in [0, 0.1) is 5.92 Å². The number of carbonyl (C=O) groups excluding carboxylic acids is 2. The van der Waals surface area contributed by atoms with Crippen molar-refractivity contribution in [3.05, 3.63) is 59.7 Å². The quantitative estimate of drug-likeness (QED) is 0.922. The summed E-state index contributed by atoms with van der Waals surface area (Å²) in [6.45, 7) is 0.731. The highest BCUT2D eigenvalue weighted by Gasteiger charge is 2.26. The molecule has 0 atom stereocenters. The van der Waals surface area contributed by atoms with Crippen LogP contribution in [0.3, 0.4) is 0 Å². The predicted octanol–water partition coefficient (Wildman–Crippen LogP) is 4.02. The summed E-state index contributed by atoms with van der Waals surface area (Å²) < 4.78 is 0. The van der Waals surface area contributed by atoms with Gasteiger partial charge in [-0.15, -0.1) is 0 Å². The predicted molar refractivity (Wildman–Crippen MR) is 98.9 cm³/mol. The van der Waals surface area contributed by atoms with E-state index in [4.69, 9.17) is 0 Å². The number of hydrogen-bond acceptors (Lipinski definition) is 2. The minimum absolute atomic E-state index is 0.0350. The molecule has 128 valence electrons. The van der Waals surface area contributed by atoms with Crippen molar-refractivity contribution in [2.45, 2.75) is 32.1 Å². The van der Waals surface area contributed by atoms with E-state index in [1.807, 2.05) is 53.4 Å². The minimum atomic E-state index is 0.0350. The molecule has 0 unspecified atom stereocenters. The van der Waals surface area contributed by atoms with Gasteiger partial charge >= 0.3 is 0 Å². The number of amides is 2. The molecule has 2 amide bonds. The van der Waals surface area contributed by atoms with Crippen molar-refractivity contribution in [2.24, 2.45) is 5.92 Å². The Morgan fingerprint density at radius 1 is 1.00 bits per heavy atom. The van der Waals surface area contributed by atoms with Gasteiger partial charge in [-0.25, -0.2) is 0 Å². The molecule has 0 bridgehead atoms. The van der Waals surface area contributed by atoms with Crippen molar-refractivity contribution in [2.75, 3.05) is 16.8 Å². The molecule has 0 spiro atoms. The molecule has 1 fully saturated rings. The van der Waals surface area contributed by atoms with Crippen molar-refractivity contribution in [3.63, 3.8) is 0 Å². The van der Waals surface area contributed by atoms with Gasteiger partial charge < -0.3 is 10.2 Å². The Hall–Kier alpha value is -2.62. The van der Waals surface area contributed by atoms with E-state index in [2.05, 4.69) is 5.32 Å². The molecule has 2 aliphatic rings. The number of rotatable bonds is 3. The van der Waals surface area contributed by atoms with E-state index in [0.717, 1.165) is 55.6 Å². The second-order valence-corrected chi connectivity index (χ2v) is 6.89. The van der Waals surface area contributed by atoms with Gasteiger partial charge in [0.2, 0.25) is 5.91 Å². The molecule has 0 aromatic heterocycles. The minimum Gasteiger partial charge on any atom is -0.326 e. The van der Waals surface area contributed by atoms with E-state index in [1.165, 1.54) is 0 Å². The van der Waals surface area contributed by atoms with Gasteiger partial charge in [0, 0.05) is 29.4 Å². The number of hydrogen-bond donors (Lipinski definition) is 1. The van der Waals surface area contributed by atoms with Gasteiger partial charge in [0.15, 0.2) is 0 Å². The molecule has 0 radical (unpaired) electrons. The molecule has 4 heteroatoms. The van der Waals surface area contributed by atoms with E-state index >= 15 is 0 Å². The van der Waals surface area contributed by atoms with Gasteiger partial charge in [-0.3, -0.25) is 9.59 Å². The third kappa shape index (κ3) is 3.16. The number of nitrogens with zero attached hydrogens (tertiary/aromatic N) is 1. The topological polar surface area (TPSA) is 49.4 Å². The summed E-state index contributed by atoms with van der Waals surface area (Å²) in [5.74, 6) is 0.333. The molecule has 1 saturated carbocycles. The fourth-order valence-electron chi connectivity index (χ4n) is 3.54. The number of anilines is 2. The lowest BCUT2D eigenvalue weighted by Gasteiger charge is -2.30. The molecule has 1 heterocycles. The second kappa shape index (κ2) is 6.71. The number of nitrogens with one attached hydrogen (secondary N) is 1. The summed E-state index contributed by atoms with van der Waals surface area (Å²) in [7, 11) is 0. The first kappa shape index (κ1) is 15.9. The molecule has 25 heavy (non-hydrogen) atoms. The van der Waals surface area contributed by atoms with Gasteiger partial charge in [0.25, 0.3) is 5.91 Å². The van der Waals surface area contributed by atoms with Crippen molar-refractivity contribution in [1.82, 2.24) is 0 Å². The van der Waals surface area contributed by atoms with Crippen LogP contribution in [-0.2, 0) is 11.2 Å². The molecule has 1 aliphatic carbocycles. The Bertz CT molecular complexity index is 797. The molecule has 4 rings (SSSR count). The van der Waals surface area contributed by atoms with Crippen LogP contribution in [0.4, 0.5) is 11.4 Å². The van der Waals surface area contributed by atoms with Crippen molar-refractivity contribution in [1.29, 1.82) is 0 Å². The first-order chi connectivity index (χ1) is 12.2. The highest BCUT2D eigenvalue weighted by atomic mass is 16.2. The fraction of sp³-hybridized carbons (Fsp3) is 0.333. The average Bonchev–Trinajstić information content (AvgIpc) is 2.59. The van der Waals surface area contributed by atoms with E-state index in [1.54, 1.807) is 0 Å². The summed E-state index contributed by atoms with van der Waals surface area (Å²) in [5, 5.41) is 3.03. The van der Waals surface area contributed by atoms with Crippen LogP contribution in [0.5, 0.6) is 0 Å². The summed E-state index contributed by atoms with van der Waals surface area (Å²) in [5.41, 5.74) is 3.63. The number of aryl methyl sites for hydroxylation is 1. The van der Waals surface area contributed by atoms with E-state index in [9.17, 15) is 9.59 Å². The van der Waals surface area contributed by atoms with Crippen molar-refractivity contribution < 1.29 is 9.59 Å². The zero-order valence-corrected chi connectivity index (χ0v) is 14.2. The molecular weight excluding hydrogens is 312 g/mol. The Morgan fingerprint density at radius 3 is 2.52 bits per heavy atom. The zero-order chi connectivity index (χ0) is 17.2. The summed E-state index contributed by atoms with van der Waals surface area (Å²) in [6, 6.07) is 15.3. The van der Waals surface area contributed by atoms with Gasteiger partial charge in [-0.2, -0.15) is 0 Å². The monoisotopic (exact) mass is 334 g/mol. The summed E-state index contributed by atoms with van der Waals surface area (Å²) in [4.78, 5) is 26.8. The number of benzene rings is 2. The Labute approximate surface area is 147 Å². The zero-order valence-electron chi connectivity index (χ0n) is 14.2. The van der Waals surface area contributed by atoms with Crippen LogP contribution in [0.1, 0.15) is 41.6 Å². The highest BCUT2D eigenvalue weighted by Crippen LogP contribution is 2.32. The first-order valence-corrected chi connectivity index (χ1v) is 9.03. The van der Waals surface area contributed by atoms with Crippen molar-refractivity contribution >= 4 is 23.2 Å². The largest absolute Gasteiger partial charge is 0.326 e. The van der Waals surface area contributed by atoms with Crippen LogP contribution >= 0.6 is 0 Å². The Kier molecular flexibility index (Phi) is 4.26.